The second-order valence-corrected chi connectivity index (χ2v) is 8.43. The van der Waals surface area contributed by atoms with Crippen molar-refractivity contribution < 1.29 is 4.79 Å². The van der Waals surface area contributed by atoms with Crippen molar-refractivity contribution in [2.45, 2.75) is 38.6 Å². The van der Waals surface area contributed by atoms with Gasteiger partial charge in [-0.25, -0.2) is 4.98 Å². The van der Waals surface area contributed by atoms with E-state index in [0.717, 1.165) is 40.8 Å². The van der Waals surface area contributed by atoms with Crippen LogP contribution in [0.4, 0.5) is 0 Å². The van der Waals surface area contributed by atoms with E-state index in [-0.39, 0.29) is 5.91 Å². The molecular weight excluding hydrogens is 420 g/mol. The highest BCUT2D eigenvalue weighted by molar-refractivity contribution is 7.99. The molecule has 1 amide bonds. The van der Waals surface area contributed by atoms with Gasteiger partial charge in [-0.15, -0.1) is 10.2 Å². The van der Waals surface area contributed by atoms with Crippen molar-refractivity contribution in [3.63, 3.8) is 0 Å². The molecule has 0 bridgehead atoms. The number of hydrogen-bond donors (Lipinski definition) is 1. The fraction of sp³-hybridized carbons (Fsp3) is 0.250. The van der Waals surface area contributed by atoms with E-state index in [0.29, 0.717) is 12.3 Å². The van der Waals surface area contributed by atoms with Gasteiger partial charge in [-0.1, -0.05) is 60.3 Å². The van der Waals surface area contributed by atoms with Gasteiger partial charge >= 0.3 is 0 Å². The smallest absolute Gasteiger partial charge is 0.230 e. The maximum absolute atomic E-state index is 12.5. The van der Waals surface area contributed by atoms with Crippen LogP contribution in [-0.4, -0.2) is 36.0 Å². The van der Waals surface area contributed by atoms with Gasteiger partial charge in [0.05, 0.1) is 12.1 Å². The Morgan fingerprint density at radius 2 is 1.94 bits per heavy atom. The van der Waals surface area contributed by atoms with Crippen LogP contribution in [0, 0.1) is 6.92 Å². The van der Waals surface area contributed by atoms with Crippen molar-refractivity contribution in [1.29, 1.82) is 0 Å². The Kier molecular flexibility index (Phi) is 7.01. The molecule has 8 heteroatoms. The van der Waals surface area contributed by atoms with E-state index >= 15 is 0 Å². The van der Waals surface area contributed by atoms with Gasteiger partial charge in [0.25, 0.3) is 0 Å². The van der Waals surface area contributed by atoms with Crippen LogP contribution in [0.5, 0.6) is 0 Å². The zero-order valence-electron chi connectivity index (χ0n) is 18.2. The van der Waals surface area contributed by atoms with Crippen molar-refractivity contribution in [2.75, 3.05) is 5.75 Å². The van der Waals surface area contributed by atoms with Crippen molar-refractivity contribution in [3.05, 3.63) is 83.9 Å². The molecule has 0 aliphatic carbocycles. The Bertz CT molecular complexity index is 1180. The molecule has 2 aromatic carbocycles. The number of nitrogens with zero attached hydrogens (tertiary/aromatic N) is 5. The summed E-state index contributed by atoms with van der Waals surface area (Å²) in [5.41, 5.74) is 4.45. The fourth-order valence-electron chi connectivity index (χ4n) is 3.51. The van der Waals surface area contributed by atoms with Crippen molar-refractivity contribution in [3.8, 4) is 11.4 Å². The van der Waals surface area contributed by atoms with E-state index in [2.05, 4.69) is 57.1 Å². The molecule has 0 aliphatic rings. The average Bonchev–Trinajstić information content (AvgIpc) is 3.46. The number of nitrogens with one attached hydrogen (secondary N) is 1. The number of rotatable bonds is 9. The Balaban J connectivity index is 1.33. The summed E-state index contributed by atoms with van der Waals surface area (Å²) in [5.74, 6) is 1.10. The lowest BCUT2D eigenvalue weighted by atomic mass is 10.1. The Morgan fingerprint density at radius 3 is 2.72 bits per heavy atom. The Hall–Kier alpha value is -3.39. The molecule has 2 aromatic heterocycles. The molecule has 0 saturated heterocycles. The van der Waals surface area contributed by atoms with Crippen molar-refractivity contribution in [2.24, 2.45) is 0 Å². The van der Waals surface area contributed by atoms with E-state index in [9.17, 15) is 4.79 Å². The molecule has 164 valence electrons. The zero-order chi connectivity index (χ0) is 22.3. The first kappa shape index (κ1) is 21.8. The lowest BCUT2D eigenvalue weighted by Crippen LogP contribution is -2.24. The van der Waals surface area contributed by atoms with Crippen LogP contribution in [0.2, 0.25) is 0 Å². The van der Waals surface area contributed by atoms with E-state index in [1.54, 1.807) is 12.5 Å². The van der Waals surface area contributed by atoms with Gasteiger partial charge in [0.2, 0.25) is 5.91 Å². The molecule has 1 N–H and O–H groups in total. The summed E-state index contributed by atoms with van der Waals surface area (Å²) in [6.45, 7) is 6.12. The van der Waals surface area contributed by atoms with Gasteiger partial charge in [0, 0.05) is 37.6 Å². The minimum atomic E-state index is -0.0295. The highest BCUT2D eigenvalue weighted by Gasteiger charge is 2.15. The topological polar surface area (TPSA) is 77.6 Å². The Labute approximate surface area is 191 Å². The number of carbonyl (C=O) groups excluding carboxylic acids is 1. The van der Waals surface area contributed by atoms with Crippen LogP contribution >= 0.6 is 11.8 Å². The number of benzene rings is 2. The van der Waals surface area contributed by atoms with E-state index in [1.807, 2.05) is 41.1 Å². The number of thioether (sulfide) groups is 1. The van der Waals surface area contributed by atoms with Crippen LogP contribution in [0.3, 0.4) is 0 Å². The van der Waals surface area contributed by atoms with Crippen LogP contribution in [0.25, 0.3) is 11.4 Å². The summed E-state index contributed by atoms with van der Waals surface area (Å²) >= 11 is 1.41. The molecule has 32 heavy (non-hydrogen) atoms. The lowest BCUT2D eigenvalue weighted by molar-refractivity contribution is -0.118. The SMILES string of the molecule is CCn1c(SCC(=O)NCc2cccc(Cn3ccnc3)c2)nnc1-c1ccccc1C. The van der Waals surface area contributed by atoms with Crippen molar-refractivity contribution in [1.82, 2.24) is 29.6 Å². The fourth-order valence-corrected chi connectivity index (χ4v) is 4.35. The number of hydrogen-bond acceptors (Lipinski definition) is 5. The molecule has 0 spiro atoms. The monoisotopic (exact) mass is 446 g/mol. The standard InChI is InChI=1S/C24H26N6OS/c1-3-30-23(21-10-5-4-7-18(21)2)27-28-24(30)32-16-22(31)26-14-19-8-6-9-20(13-19)15-29-12-11-25-17-29/h4-13,17H,3,14-16H2,1-2H3,(H,26,31). The summed E-state index contributed by atoms with van der Waals surface area (Å²) in [7, 11) is 0. The molecule has 0 fully saturated rings. The summed E-state index contributed by atoms with van der Waals surface area (Å²) in [4.78, 5) is 16.5. The van der Waals surface area contributed by atoms with Crippen LogP contribution in [0.15, 0.2) is 72.4 Å². The first-order valence-corrected chi connectivity index (χ1v) is 11.5. The molecule has 4 aromatic rings. The van der Waals surface area contributed by atoms with Gasteiger partial charge in [-0.3, -0.25) is 4.79 Å². The predicted octanol–water partition coefficient (Wildman–Crippen LogP) is 3.93. The summed E-state index contributed by atoms with van der Waals surface area (Å²) in [5, 5.41) is 12.5. The zero-order valence-corrected chi connectivity index (χ0v) is 19.0. The Morgan fingerprint density at radius 1 is 1.09 bits per heavy atom. The molecule has 7 nitrogen and oxygen atoms in total. The maximum atomic E-state index is 12.5. The number of aryl methyl sites for hydroxylation is 1. The molecular formula is C24H26N6OS. The third kappa shape index (κ3) is 5.26. The number of imidazole rings is 1. The molecule has 0 radical (unpaired) electrons. The van der Waals surface area contributed by atoms with Gasteiger partial charge in [0.15, 0.2) is 11.0 Å². The van der Waals surface area contributed by atoms with Gasteiger partial charge < -0.3 is 14.5 Å². The first-order valence-electron chi connectivity index (χ1n) is 10.6. The van der Waals surface area contributed by atoms with E-state index < -0.39 is 0 Å². The number of aromatic nitrogens is 5. The molecule has 0 atom stereocenters. The second-order valence-electron chi connectivity index (χ2n) is 7.49. The van der Waals surface area contributed by atoms with Crippen LogP contribution < -0.4 is 5.32 Å². The normalized spacial score (nSPS) is 10.9. The van der Waals surface area contributed by atoms with Crippen LogP contribution in [-0.2, 0) is 24.4 Å². The number of carbonyl (C=O) groups is 1. The van der Waals surface area contributed by atoms with Gasteiger partial charge in [0.1, 0.15) is 0 Å². The maximum Gasteiger partial charge on any atom is 0.230 e. The lowest BCUT2D eigenvalue weighted by Gasteiger charge is -2.10. The van der Waals surface area contributed by atoms with E-state index in [1.165, 1.54) is 17.3 Å². The average molecular weight is 447 g/mol. The first-order chi connectivity index (χ1) is 15.6. The molecule has 4 rings (SSSR count). The molecule has 0 aliphatic heterocycles. The molecule has 0 saturated carbocycles. The highest BCUT2D eigenvalue weighted by atomic mass is 32.2. The van der Waals surface area contributed by atoms with E-state index in [4.69, 9.17) is 0 Å². The van der Waals surface area contributed by atoms with Crippen molar-refractivity contribution >= 4 is 17.7 Å². The van der Waals surface area contributed by atoms with Crippen LogP contribution in [0.1, 0.15) is 23.6 Å². The third-order valence-corrected chi connectivity index (χ3v) is 6.12. The number of amides is 1. The predicted molar refractivity (Wildman–Crippen MR) is 126 cm³/mol. The third-order valence-electron chi connectivity index (χ3n) is 5.16. The largest absolute Gasteiger partial charge is 0.351 e. The minimum Gasteiger partial charge on any atom is -0.351 e. The van der Waals surface area contributed by atoms with Gasteiger partial charge in [-0.05, 0) is 30.5 Å². The quantitative estimate of drug-likeness (QED) is 0.394. The molecule has 2 heterocycles. The molecule has 0 unspecified atom stereocenters. The summed E-state index contributed by atoms with van der Waals surface area (Å²) in [6.07, 6.45) is 5.50. The second kappa shape index (κ2) is 10.3. The summed E-state index contributed by atoms with van der Waals surface area (Å²) in [6, 6.07) is 16.3. The van der Waals surface area contributed by atoms with Gasteiger partial charge in [-0.2, -0.15) is 0 Å². The highest BCUT2D eigenvalue weighted by Crippen LogP contribution is 2.26. The minimum absolute atomic E-state index is 0.0295. The summed E-state index contributed by atoms with van der Waals surface area (Å²) < 4.78 is 4.07.